The van der Waals surface area contributed by atoms with Crippen molar-refractivity contribution < 1.29 is 13.2 Å². The number of nitrogens with zero attached hydrogens (tertiary/aromatic N) is 2. The van der Waals surface area contributed by atoms with Gasteiger partial charge >= 0.3 is 6.18 Å². The molecule has 0 aliphatic carbocycles. The largest absolute Gasteiger partial charge is 0.417 e. The van der Waals surface area contributed by atoms with E-state index in [1.807, 2.05) is 0 Å². The van der Waals surface area contributed by atoms with E-state index in [-0.39, 0.29) is 5.56 Å². The summed E-state index contributed by atoms with van der Waals surface area (Å²) in [6, 6.07) is 4.43. The molecule has 2 aromatic rings. The molecular formula is C14H14F3N3. The molecule has 3 nitrogen and oxygen atoms in total. The fraction of sp³-hybridized carbons (Fsp3) is 0.357. The highest BCUT2D eigenvalue weighted by Gasteiger charge is 2.35. The third-order valence-electron chi connectivity index (χ3n) is 3.48. The molecule has 0 atom stereocenters. The van der Waals surface area contributed by atoms with Gasteiger partial charge in [-0.3, -0.25) is 4.68 Å². The van der Waals surface area contributed by atoms with Crippen LogP contribution >= 0.6 is 0 Å². The quantitative estimate of drug-likeness (QED) is 0.867. The Morgan fingerprint density at radius 2 is 2.10 bits per heavy atom. The summed E-state index contributed by atoms with van der Waals surface area (Å²) in [4.78, 5) is 0. The number of halogens is 3. The predicted molar refractivity (Wildman–Crippen MR) is 70.5 cm³/mol. The lowest BCUT2D eigenvalue weighted by molar-refractivity contribution is -0.137. The molecule has 1 aliphatic rings. The Labute approximate surface area is 114 Å². The van der Waals surface area contributed by atoms with Crippen molar-refractivity contribution in [1.29, 1.82) is 0 Å². The lowest BCUT2D eigenvalue weighted by Gasteiger charge is -2.21. The Hall–Kier alpha value is -1.98. The molecule has 0 saturated heterocycles. The van der Waals surface area contributed by atoms with Crippen LogP contribution in [0.1, 0.15) is 17.5 Å². The van der Waals surface area contributed by atoms with Gasteiger partial charge in [-0.15, -0.1) is 0 Å². The average molecular weight is 281 g/mol. The van der Waals surface area contributed by atoms with Gasteiger partial charge in [0, 0.05) is 31.0 Å². The van der Waals surface area contributed by atoms with Crippen molar-refractivity contribution in [2.45, 2.75) is 19.0 Å². The summed E-state index contributed by atoms with van der Waals surface area (Å²) in [6.07, 6.45) is -1.02. The number of anilines is 1. The van der Waals surface area contributed by atoms with Crippen LogP contribution in [0.25, 0.3) is 11.3 Å². The lowest BCUT2D eigenvalue weighted by atomic mass is 9.95. The Morgan fingerprint density at radius 3 is 2.75 bits per heavy atom. The highest BCUT2D eigenvalue weighted by molar-refractivity contribution is 5.71. The summed E-state index contributed by atoms with van der Waals surface area (Å²) in [7, 11) is 1.69. The topological polar surface area (TPSA) is 29.9 Å². The maximum Gasteiger partial charge on any atom is 0.417 e. The summed E-state index contributed by atoms with van der Waals surface area (Å²) in [5.74, 6) is 0. The van der Waals surface area contributed by atoms with Gasteiger partial charge in [-0.2, -0.15) is 18.3 Å². The minimum atomic E-state index is -4.39. The van der Waals surface area contributed by atoms with Crippen LogP contribution < -0.4 is 5.32 Å². The molecule has 20 heavy (non-hydrogen) atoms. The first-order valence-corrected chi connectivity index (χ1v) is 6.43. The van der Waals surface area contributed by atoms with Gasteiger partial charge < -0.3 is 5.32 Å². The van der Waals surface area contributed by atoms with E-state index in [2.05, 4.69) is 10.4 Å². The molecule has 0 fully saturated rings. The maximum absolute atomic E-state index is 13.2. The molecule has 106 valence electrons. The van der Waals surface area contributed by atoms with E-state index in [0.29, 0.717) is 17.9 Å². The lowest BCUT2D eigenvalue weighted by Crippen LogP contribution is -2.15. The second-order valence-corrected chi connectivity index (χ2v) is 4.96. The Bertz CT molecular complexity index is 644. The first-order valence-electron chi connectivity index (χ1n) is 6.43. The van der Waals surface area contributed by atoms with Crippen LogP contribution in [-0.4, -0.2) is 16.3 Å². The minimum Gasteiger partial charge on any atom is -0.385 e. The monoisotopic (exact) mass is 281 g/mol. The minimum absolute atomic E-state index is 0.153. The van der Waals surface area contributed by atoms with Gasteiger partial charge in [0.2, 0.25) is 0 Å². The fourth-order valence-electron chi connectivity index (χ4n) is 2.52. The highest BCUT2D eigenvalue weighted by atomic mass is 19.4. The van der Waals surface area contributed by atoms with Crippen molar-refractivity contribution >= 4 is 5.69 Å². The van der Waals surface area contributed by atoms with Crippen molar-refractivity contribution in [1.82, 2.24) is 9.78 Å². The van der Waals surface area contributed by atoms with Crippen LogP contribution in [0.15, 0.2) is 24.4 Å². The molecule has 0 radical (unpaired) electrons. The Morgan fingerprint density at radius 1 is 1.30 bits per heavy atom. The number of fused-ring (bicyclic) bond motifs is 1. The Balaban J connectivity index is 2.20. The van der Waals surface area contributed by atoms with Crippen LogP contribution in [0, 0.1) is 0 Å². The number of nitrogens with one attached hydrogen (secondary N) is 1. The first kappa shape index (κ1) is 13.0. The number of aryl methyl sites for hydroxylation is 2. The van der Waals surface area contributed by atoms with Crippen molar-refractivity contribution in [3.8, 4) is 11.3 Å². The third kappa shape index (κ3) is 2.26. The third-order valence-corrected chi connectivity index (χ3v) is 3.48. The summed E-state index contributed by atoms with van der Waals surface area (Å²) < 4.78 is 41.3. The molecule has 0 spiro atoms. The predicted octanol–water partition coefficient (Wildman–Crippen LogP) is 3.46. The zero-order valence-corrected chi connectivity index (χ0v) is 11.0. The summed E-state index contributed by atoms with van der Waals surface area (Å²) in [5, 5.41) is 7.13. The summed E-state index contributed by atoms with van der Waals surface area (Å²) >= 11 is 0. The maximum atomic E-state index is 13.2. The van der Waals surface area contributed by atoms with Crippen molar-refractivity contribution in [2.75, 3.05) is 11.9 Å². The SMILES string of the molecule is Cn1ccc(-c2cc3c(cc2C(F)(F)F)NCCC3)n1. The van der Waals surface area contributed by atoms with Crippen LogP contribution in [0.4, 0.5) is 18.9 Å². The molecule has 0 amide bonds. The van der Waals surface area contributed by atoms with Crippen LogP contribution in [0.3, 0.4) is 0 Å². The van der Waals surface area contributed by atoms with E-state index < -0.39 is 11.7 Å². The van der Waals surface area contributed by atoms with Gasteiger partial charge in [0.25, 0.3) is 0 Å². The first-order chi connectivity index (χ1) is 9.45. The number of hydrogen-bond acceptors (Lipinski definition) is 2. The van der Waals surface area contributed by atoms with Gasteiger partial charge in [-0.1, -0.05) is 0 Å². The van der Waals surface area contributed by atoms with Crippen LogP contribution in [0.2, 0.25) is 0 Å². The molecule has 1 aromatic heterocycles. The van der Waals surface area contributed by atoms with Crippen molar-refractivity contribution in [3.63, 3.8) is 0 Å². The molecule has 0 saturated carbocycles. The average Bonchev–Trinajstić information content (AvgIpc) is 2.83. The second kappa shape index (κ2) is 4.54. The summed E-state index contributed by atoms with van der Waals surface area (Å²) in [5.41, 5.74) is 1.38. The molecule has 1 aromatic carbocycles. The second-order valence-electron chi connectivity index (χ2n) is 4.96. The van der Waals surface area contributed by atoms with E-state index in [0.717, 1.165) is 18.4 Å². The molecule has 6 heteroatoms. The van der Waals surface area contributed by atoms with E-state index in [1.165, 1.54) is 10.7 Å². The standard InChI is InChI=1S/C14H14F3N3/c1-20-6-4-12(19-20)10-7-9-3-2-5-18-13(9)8-11(10)14(15,16)17/h4,6-8,18H,2-3,5H2,1H3. The van der Waals surface area contributed by atoms with Gasteiger partial charge in [-0.05, 0) is 36.6 Å². The van der Waals surface area contributed by atoms with E-state index in [1.54, 1.807) is 25.4 Å². The molecule has 1 N–H and O–H groups in total. The molecule has 0 unspecified atom stereocenters. The molecule has 0 bridgehead atoms. The molecule has 1 aliphatic heterocycles. The van der Waals surface area contributed by atoms with Crippen molar-refractivity contribution in [2.24, 2.45) is 7.05 Å². The van der Waals surface area contributed by atoms with Crippen LogP contribution in [0.5, 0.6) is 0 Å². The van der Waals surface area contributed by atoms with E-state index >= 15 is 0 Å². The number of hydrogen-bond donors (Lipinski definition) is 1. The van der Waals surface area contributed by atoms with Crippen molar-refractivity contribution in [3.05, 3.63) is 35.5 Å². The zero-order valence-electron chi connectivity index (χ0n) is 11.0. The Kier molecular flexibility index (Phi) is 2.96. The number of aromatic nitrogens is 2. The number of alkyl halides is 3. The normalized spacial score (nSPS) is 14.8. The molecule has 2 heterocycles. The smallest absolute Gasteiger partial charge is 0.385 e. The number of rotatable bonds is 1. The summed E-state index contributed by atoms with van der Waals surface area (Å²) in [6.45, 7) is 0.716. The van der Waals surface area contributed by atoms with Gasteiger partial charge in [0.1, 0.15) is 0 Å². The van der Waals surface area contributed by atoms with Gasteiger partial charge in [0.05, 0.1) is 11.3 Å². The van der Waals surface area contributed by atoms with Gasteiger partial charge in [-0.25, -0.2) is 0 Å². The van der Waals surface area contributed by atoms with Crippen LogP contribution in [-0.2, 0) is 19.6 Å². The van der Waals surface area contributed by atoms with Gasteiger partial charge in [0.15, 0.2) is 0 Å². The fourth-order valence-corrected chi connectivity index (χ4v) is 2.52. The molecule has 3 rings (SSSR count). The zero-order chi connectivity index (χ0) is 14.3. The van der Waals surface area contributed by atoms with E-state index in [9.17, 15) is 13.2 Å². The number of benzene rings is 1. The highest BCUT2D eigenvalue weighted by Crippen LogP contribution is 2.40. The van der Waals surface area contributed by atoms with E-state index in [4.69, 9.17) is 0 Å². The molecular weight excluding hydrogens is 267 g/mol.